The molecule has 0 N–H and O–H groups in total. The first-order valence-corrected chi connectivity index (χ1v) is 7.77. The second-order valence-corrected chi connectivity index (χ2v) is 6.00. The summed E-state index contributed by atoms with van der Waals surface area (Å²) in [4.78, 5) is 1.08. The predicted octanol–water partition coefficient (Wildman–Crippen LogP) is 5.99. The van der Waals surface area contributed by atoms with Crippen LogP contribution in [0, 0.1) is 5.82 Å². The number of rotatable bonds is 3. The molecular weight excluding hydrogens is 279 g/mol. The second-order valence-electron chi connectivity index (χ2n) is 4.71. The summed E-state index contributed by atoms with van der Waals surface area (Å²) in [6, 6.07) is 11.2. The van der Waals surface area contributed by atoms with Gasteiger partial charge in [0.05, 0.1) is 0 Å². The SMILES string of the molecule is CSc1ccc(Cl)c(-c2cccc(C(C)C)c2F)c1. The van der Waals surface area contributed by atoms with Crippen LogP contribution in [0.2, 0.25) is 5.02 Å². The van der Waals surface area contributed by atoms with Gasteiger partial charge in [0.25, 0.3) is 0 Å². The van der Waals surface area contributed by atoms with Crippen molar-refractivity contribution in [3.8, 4) is 11.1 Å². The van der Waals surface area contributed by atoms with Gasteiger partial charge in [0, 0.05) is 21.0 Å². The Morgan fingerprint density at radius 2 is 1.84 bits per heavy atom. The fourth-order valence-electron chi connectivity index (χ4n) is 2.04. The van der Waals surface area contributed by atoms with Crippen LogP contribution in [-0.4, -0.2) is 6.26 Å². The summed E-state index contributed by atoms with van der Waals surface area (Å²) < 4.78 is 14.6. The van der Waals surface area contributed by atoms with E-state index in [4.69, 9.17) is 11.6 Å². The highest BCUT2D eigenvalue weighted by atomic mass is 35.5. The lowest BCUT2D eigenvalue weighted by Gasteiger charge is -2.13. The Labute approximate surface area is 123 Å². The van der Waals surface area contributed by atoms with Gasteiger partial charge in [-0.15, -0.1) is 11.8 Å². The summed E-state index contributed by atoms with van der Waals surface area (Å²) in [5.74, 6) is -0.0138. The van der Waals surface area contributed by atoms with Crippen LogP contribution in [0.15, 0.2) is 41.3 Å². The number of halogens is 2. The van der Waals surface area contributed by atoms with E-state index in [0.717, 1.165) is 16.0 Å². The van der Waals surface area contributed by atoms with E-state index in [0.29, 0.717) is 10.6 Å². The average molecular weight is 295 g/mol. The molecule has 0 atom stereocenters. The summed E-state index contributed by atoms with van der Waals surface area (Å²) in [5.41, 5.74) is 2.06. The van der Waals surface area contributed by atoms with E-state index in [9.17, 15) is 4.39 Å². The molecule has 0 radical (unpaired) electrons. The zero-order valence-electron chi connectivity index (χ0n) is 11.2. The number of thioether (sulfide) groups is 1. The van der Waals surface area contributed by atoms with Gasteiger partial charge in [-0.25, -0.2) is 4.39 Å². The maximum Gasteiger partial charge on any atom is 0.134 e. The lowest BCUT2D eigenvalue weighted by atomic mass is 9.96. The van der Waals surface area contributed by atoms with E-state index >= 15 is 0 Å². The Bertz CT molecular complexity index is 593. The van der Waals surface area contributed by atoms with Crippen LogP contribution in [0.1, 0.15) is 25.3 Å². The summed E-state index contributed by atoms with van der Waals surface area (Å²) >= 11 is 7.84. The van der Waals surface area contributed by atoms with Gasteiger partial charge in [-0.2, -0.15) is 0 Å². The molecule has 0 saturated heterocycles. The molecule has 2 aromatic rings. The van der Waals surface area contributed by atoms with Crippen LogP contribution in [0.3, 0.4) is 0 Å². The maximum atomic E-state index is 14.6. The first-order valence-electron chi connectivity index (χ1n) is 6.17. The normalized spacial score (nSPS) is 11.1. The Balaban J connectivity index is 2.62. The van der Waals surface area contributed by atoms with Crippen LogP contribution in [-0.2, 0) is 0 Å². The molecule has 2 aromatic carbocycles. The number of hydrogen-bond acceptors (Lipinski definition) is 1. The van der Waals surface area contributed by atoms with Gasteiger partial charge >= 0.3 is 0 Å². The average Bonchev–Trinajstić information content (AvgIpc) is 2.39. The monoisotopic (exact) mass is 294 g/mol. The fraction of sp³-hybridized carbons (Fsp3) is 0.250. The first-order chi connectivity index (χ1) is 9.04. The van der Waals surface area contributed by atoms with Crippen LogP contribution in [0.5, 0.6) is 0 Å². The molecule has 0 nitrogen and oxygen atoms in total. The molecule has 0 saturated carbocycles. The van der Waals surface area contributed by atoms with E-state index < -0.39 is 0 Å². The summed E-state index contributed by atoms with van der Waals surface area (Å²) in [7, 11) is 0. The van der Waals surface area contributed by atoms with Gasteiger partial charge in [0.1, 0.15) is 5.82 Å². The second kappa shape index (κ2) is 5.98. The minimum atomic E-state index is -0.169. The summed E-state index contributed by atoms with van der Waals surface area (Å²) in [6.45, 7) is 3.98. The van der Waals surface area contributed by atoms with Crippen molar-refractivity contribution in [2.75, 3.05) is 6.26 Å². The smallest absolute Gasteiger partial charge is 0.134 e. The lowest BCUT2D eigenvalue weighted by Crippen LogP contribution is -1.96. The lowest BCUT2D eigenvalue weighted by molar-refractivity contribution is 0.602. The molecule has 0 amide bonds. The third-order valence-corrected chi connectivity index (χ3v) is 4.17. The van der Waals surface area contributed by atoms with E-state index in [1.165, 1.54) is 0 Å². The molecule has 0 bridgehead atoms. The zero-order chi connectivity index (χ0) is 14.0. The van der Waals surface area contributed by atoms with Gasteiger partial charge < -0.3 is 0 Å². The highest BCUT2D eigenvalue weighted by Crippen LogP contribution is 2.35. The predicted molar refractivity (Wildman–Crippen MR) is 82.7 cm³/mol. The Hall–Kier alpha value is -0.990. The molecule has 100 valence electrons. The molecule has 0 aromatic heterocycles. The van der Waals surface area contributed by atoms with E-state index in [2.05, 4.69) is 0 Å². The Morgan fingerprint density at radius 3 is 2.47 bits per heavy atom. The van der Waals surface area contributed by atoms with E-state index in [1.54, 1.807) is 17.8 Å². The Kier molecular flexibility index (Phi) is 4.54. The topological polar surface area (TPSA) is 0 Å². The third-order valence-electron chi connectivity index (χ3n) is 3.11. The van der Waals surface area contributed by atoms with Gasteiger partial charge in [-0.05, 0) is 35.9 Å². The third kappa shape index (κ3) is 2.96. The minimum Gasteiger partial charge on any atom is -0.206 e. The molecule has 0 unspecified atom stereocenters. The summed E-state index contributed by atoms with van der Waals surface area (Å²) in [6.07, 6.45) is 1.99. The van der Waals surface area contributed by atoms with Crippen LogP contribution in [0.25, 0.3) is 11.1 Å². The van der Waals surface area contributed by atoms with Gasteiger partial charge in [0.2, 0.25) is 0 Å². The molecule has 0 spiro atoms. The molecule has 0 fully saturated rings. The van der Waals surface area contributed by atoms with E-state index in [-0.39, 0.29) is 11.7 Å². The van der Waals surface area contributed by atoms with Gasteiger partial charge in [-0.1, -0.05) is 43.6 Å². The molecule has 3 heteroatoms. The zero-order valence-corrected chi connectivity index (χ0v) is 12.8. The van der Waals surface area contributed by atoms with Crippen molar-refractivity contribution < 1.29 is 4.39 Å². The Morgan fingerprint density at radius 1 is 1.11 bits per heavy atom. The minimum absolute atomic E-state index is 0.155. The molecule has 0 aliphatic heterocycles. The largest absolute Gasteiger partial charge is 0.206 e. The van der Waals surface area contributed by atoms with Crippen LogP contribution in [0.4, 0.5) is 4.39 Å². The highest BCUT2D eigenvalue weighted by molar-refractivity contribution is 7.98. The van der Waals surface area contributed by atoms with Crippen molar-refractivity contribution in [2.45, 2.75) is 24.7 Å². The van der Waals surface area contributed by atoms with Gasteiger partial charge in [-0.3, -0.25) is 0 Å². The number of benzene rings is 2. The van der Waals surface area contributed by atoms with Crippen molar-refractivity contribution in [2.24, 2.45) is 0 Å². The molecular formula is C16H16ClFS. The van der Waals surface area contributed by atoms with Crippen molar-refractivity contribution >= 4 is 23.4 Å². The molecule has 0 aliphatic rings. The van der Waals surface area contributed by atoms with Gasteiger partial charge in [0.15, 0.2) is 0 Å². The van der Waals surface area contributed by atoms with Crippen molar-refractivity contribution in [3.05, 3.63) is 52.8 Å². The van der Waals surface area contributed by atoms with E-state index in [1.807, 2.05) is 50.4 Å². The van der Waals surface area contributed by atoms with Crippen molar-refractivity contribution in [1.82, 2.24) is 0 Å². The molecule has 19 heavy (non-hydrogen) atoms. The maximum absolute atomic E-state index is 14.6. The molecule has 0 heterocycles. The molecule has 2 rings (SSSR count). The standard InChI is InChI=1S/C16H16ClFS/c1-10(2)12-5-4-6-13(16(12)18)14-9-11(19-3)7-8-15(14)17/h4-10H,1-3H3. The highest BCUT2D eigenvalue weighted by Gasteiger charge is 2.14. The van der Waals surface area contributed by atoms with Crippen LogP contribution < -0.4 is 0 Å². The quantitative estimate of drug-likeness (QED) is 0.626. The molecule has 0 aliphatic carbocycles. The first kappa shape index (κ1) is 14.4. The van der Waals surface area contributed by atoms with Crippen molar-refractivity contribution in [3.63, 3.8) is 0 Å². The van der Waals surface area contributed by atoms with Crippen molar-refractivity contribution in [1.29, 1.82) is 0 Å². The van der Waals surface area contributed by atoms with Crippen LogP contribution >= 0.6 is 23.4 Å². The summed E-state index contributed by atoms with van der Waals surface area (Å²) in [5, 5.41) is 0.581. The fourth-order valence-corrected chi connectivity index (χ4v) is 2.70. The number of hydrogen-bond donors (Lipinski definition) is 0.